The number of nitrogens with one attached hydrogen (secondary N) is 1. The first-order valence-electron chi connectivity index (χ1n) is 5.18. The highest BCUT2D eigenvalue weighted by molar-refractivity contribution is 5.96. The molecular formula is C12H18N2O. The van der Waals surface area contributed by atoms with E-state index in [1.807, 2.05) is 13.8 Å². The van der Waals surface area contributed by atoms with Crippen LogP contribution in [0.4, 0.5) is 0 Å². The SMILES string of the molecule is C=CC(=C)CCC(=O)NC1C(C)=NC1C. The predicted octanol–water partition coefficient (Wildman–Crippen LogP) is 1.86. The van der Waals surface area contributed by atoms with Crippen molar-refractivity contribution < 1.29 is 4.79 Å². The first kappa shape index (κ1) is 11.7. The van der Waals surface area contributed by atoms with E-state index in [4.69, 9.17) is 0 Å². The third-order valence-electron chi connectivity index (χ3n) is 2.62. The summed E-state index contributed by atoms with van der Waals surface area (Å²) in [4.78, 5) is 15.8. The number of aliphatic imine (C=N–C) groups is 1. The second kappa shape index (κ2) is 4.91. The van der Waals surface area contributed by atoms with E-state index in [2.05, 4.69) is 23.5 Å². The van der Waals surface area contributed by atoms with Gasteiger partial charge in [-0.05, 0) is 20.3 Å². The summed E-state index contributed by atoms with van der Waals surface area (Å²) in [7, 11) is 0. The number of hydrogen-bond acceptors (Lipinski definition) is 2. The third kappa shape index (κ3) is 3.05. The van der Waals surface area contributed by atoms with Crippen LogP contribution in [0.25, 0.3) is 0 Å². The molecule has 1 rings (SSSR count). The highest BCUT2D eigenvalue weighted by atomic mass is 16.1. The molecule has 0 aromatic heterocycles. The van der Waals surface area contributed by atoms with E-state index >= 15 is 0 Å². The van der Waals surface area contributed by atoms with Crippen LogP contribution in [0.2, 0.25) is 0 Å². The Hall–Kier alpha value is -1.38. The molecule has 0 aromatic carbocycles. The quantitative estimate of drug-likeness (QED) is 0.685. The molecule has 0 bridgehead atoms. The molecule has 0 aromatic rings. The lowest BCUT2D eigenvalue weighted by atomic mass is 9.98. The van der Waals surface area contributed by atoms with Crippen LogP contribution in [0.3, 0.4) is 0 Å². The molecule has 0 aliphatic carbocycles. The summed E-state index contributed by atoms with van der Waals surface area (Å²) in [6.45, 7) is 11.3. The van der Waals surface area contributed by atoms with Crippen molar-refractivity contribution >= 4 is 11.6 Å². The minimum Gasteiger partial charge on any atom is -0.346 e. The topological polar surface area (TPSA) is 41.5 Å². The second-order valence-electron chi connectivity index (χ2n) is 3.92. The van der Waals surface area contributed by atoms with Gasteiger partial charge in [0.25, 0.3) is 0 Å². The Kier molecular flexibility index (Phi) is 3.83. The van der Waals surface area contributed by atoms with Crippen LogP contribution in [0.15, 0.2) is 29.8 Å². The van der Waals surface area contributed by atoms with Crippen molar-refractivity contribution in [3.05, 3.63) is 24.8 Å². The van der Waals surface area contributed by atoms with Crippen molar-refractivity contribution in [2.24, 2.45) is 4.99 Å². The Morgan fingerprint density at radius 2 is 2.27 bits per heavy atom. The highest BCUT2D eigenvalue weighted by Crippen LogP contribution is 2.13. The molecule has 1 aliphatic rings. The van der Waals surface area contributed by atoms with Gasteiger partial charge in [0.15, 0.2) is 0 Å². The fourth-order valence-corrected chi connectivity index (χ4v) is 1.59. The number of nitrogens with zero attached hydrogens (tertiary/aromatic N) is 1. The van der Waals surface area contributed by atoms with Crippen LogP contribution >= 0.6 is 0 Å². The fraction of sp³-hybridized carbons (Fsp3) is 0.500. The molecule has 0 saturated heterocycles. The van der Waals surface area contributed by atoms with Gasteiger partial charge in [-0.15, -0.1) is 0 Å². The van der Waals surface area contributed by atoms with Crippen LogP contribution in [-0.2, 0) is 4.79 Å². The maximum atomic E-state index is 11.5. The van der Waals surface area contributed by atoms with Crippen molar-refractivity contribution in [1.82, 2.24) is 5.32 Å². The van der Waals surface area contributed by atoms with E-state index in [1.54, 1.807) is 6.08 Å². The molecular weight excluding hydrogens is 188 g/mol. The molecule has 0 spiro atoms. The Balaban J connectivity index is 2.28. The summed E-state index contributed by atoms with van der Waals surface area (Å²) in [5, 5.41) is 2.95. The van der Waals surface area contributed by atoms with E-state index in [-0.39, 0.29) is 18.0 Å². The minimum absolute atomic E-state index is 0.0594. The Bertz CT molecular complexity index is 318. The van der Waals surface area contributed by atoms with Crippen LogP contribution in [-0.4, -0.2) is 23.7 Å². The van der Waals surface area contributed by atoms with Gasteiger partial charge >= 0.3 is 0 Å². The lowest BCUT2D eigenvalue weighted by Gasteiger charge is -2.31. The number of allylic oxidation sites excluding steroid dienone is 2. The number of carbonyl (C=O) groups excluding carboxylic acids is 1. The zero-order valence-electron chi connectivity index (χ0n) is 9.42. The molecule has 0 fully saturated rings. The van der Waals surface area contributed by atoms with Gasteiger partial charge in [0, 0.05) is 12.1 Å². The normalized spacial score (nSPS) is 23.7. The smallest absolute Gasteiger partial charge is 0.220 e. The molecule has 3 nitrogen and oxygen atoms in total. The van der Waals surface area contributed by atoms with Crippen molar-refractivity contribution in [1.29, 1.82) is 0 Å². The largest absolute Gasteiger partial charge is 0.346 e. The number of carbonyl (C=O) groups is 1. The number of rotatable bonds is 5. The average molecular weight is 206 g/mol. The molecule has 2 unspecified atom stereocenters. The summed E-state index contributed by atoms with van der Waals surface area (Å²) in [5.41, 5.74) is 1.91. The standard InChI is InChI=1S/C12H18N2O/c1-5-8(2)6-7-11(15)14-12-9(3)13-10(12)4/h5,9,12H,1-2,6-7H2,3-4H3,(H,14,15). The van der Waals surface area contributed by atoms with E-state index in [0.717, 1.165) is 11.3 Å². The maximum absolute atomic E-state index is 11.5. The van der Waals surface area contributed by atoms with E-state index in [1.165, 1.54) is 0 Å². The van der Waals surface area contributed by atoms with E-state index in [9.17, 15) is 4.79 Å². The van der Waals surface area contributed by atoms with Crippen LogP contribution in [0.1, 0.15) is 26.7 Å². The van der Waals surface area contributed by atoms with Gasteiger partial charge in [0.2, 0.25) is 5.91 Å². The summed E-state index contributed by atoms with van der Waals surface area (Å²) in [6.07, 6.45) is 2.83. The molecule has 1 heterocycles. The fourth-order valence-electron chi connectivity index (χ4n) is 1.59. The Labute approximate surface area is 91.0 Å². The van der Waals surface area contributed by atoms with Gasteiger partial charge < -0.3 is 5.32 Å². The second-order valence-corrected chi connectivity index (χ2v) is 3.92. The molecule has 1 N–H and O–H groups in total. The molecule has 1 amide bonds. The monoisotopic (exact) mass is 206 g/mol. The third-order valence-corrected chi connectivity index (χ3v) is 2.62. The Morgan fingerprint density at radius 1 is 1.60 bits per heavy atom. The van der Waals surface area contributed by atoms with E-state index < -0.39 is 0 Å². The highest BCUT2D eigenvalue weighted by Gasteiger charge is 2.28. The van der Waals surface area contributed by atoms with Crippen molar-refractivity contribution in [2.75, 3.05) is 0 Å². The maximum Gasteiger partial charge on any atom is 0.220 e. The lowest BCUT2D eigenvalue weighted by Crippen LogP contribution is -2.52. The zero-order valence-corrected chi connectivity index (χ0v) is 9.42. The molecule has 2 atom stereocenters. The van der Waals surface area contributed by atoms with Gasteiger partial charge in [-0.2, -0.15) is 0 Å². The molecule has 0 saturated carbocycles. The first-order valence-corrected chi connectivity index (χ1v) is 5.18. The molecule has 1 aliphatic heterocycles. The summed E-state index contributed by atoms with van der Waals surface area (Å²) >= 11 is 0. The summed E-state index contributed by atoms with van der Waals surface area (Å²) < 4.78 is 0. The Morgan fingerprint density at radius 3 is 2.73 bits per heavy atom. The van der Waals surface area contributed by atoms with Crippen LogP contribution in [0, 0.1) is 0 Å². The number of amides is 1. The van der Waals surface area contributed by atoms with Crippen molar-refractivity contribution in [2.45, 2.75) is 38.8 Å². The average Bonchev–Trinajstić information content (AvgIpc) is 2.22. The zero-order chi connectivity index (χ0) is 11.4. The van der Waals surface area contributed by atoms with Gasteiger partial charge in [0.05, 0.1) is 12.1 Å². The molecule has 15 heavy (non-hydrogen) atoms. The number of hydrogen-bond donors (Lipinski definition) is 1. The van der Waals surface area contributed by atoms with Gasteiger partial charge in [0.1, 0.15) is 0 Å². The predicted molar refractivity (Wildman–Crippen MR) is 63.1 cm³/mol. The molecule has 0 radical (unpaired) electrons. The van der Waals surface area contributed by atoms with Gasteiger partial charge in [-0.3, -0.25) is 9.79 Å². The van der Waals surface area contributed by atoms with Crippen molar-refractivity contribution in [3.63, 3.8) is 0 Å². The van der Waals surface area contributed by atoms with E-state index in [0.29, 0.717) is 12.8 Å². The first-order chi connectivity index (χ1) is 7.04. The summed E-state index contributed by atoms with van der Waals surface area (Å²) in [5.74, 6) is 0.0594. The minimum atomic E-state index is 0.0594. The van der Waals surface area contributed by atoms with Gasteiger partial charge in [-0.25, -0.2) is 0 Å². The van der Waals surface area contributed by atoms with Gasteiger partial charge in [-0.1, -0.05) is 24.8 Å². The van der Waals surface area contributed by atoms with Crippen molar-refractivity contribution in [3.8, 4) is 0 Å². The van der Waals surface area contributed by atoms with Crippen LogP contribution < -0.4 is 5.32 Å². The summed E-state index contributed by atoms with van der Waals surface area (Å²) in [6, 6.07) is 0.353. The molecule has 3 heteroatoms. The van der Waals surface area contributed by atoms with Crippen LogP contribution in [0.5, 0.6) is 0 Å². The molecule has 82 valence electrons. The lowest BCUT2D eigenvalue weighted by molar-refractivity contribution is -0.121.